The van der Waals surface area contributed by atoms with E-state index in [0.29, 0.717) is 29.6 Å². The number of amides is 1. The first-order valence-electron chi connectivity index (χ1n) is 12.4. The molecule has 4 aromatic rings. The summed E-state index contributed by atoms with van der Waals surface area (Å²) in [5.74, 6) is 0.475. The van der Waals surface area contributed by atoms with Gasteiger partial charge in [-0.2, -0.15) is 0 Å². The summed E-state index contributed by atoms with van der Waals surface area (Å²) in [6, 6.07) is 17.5. The van der Waals surface area contributed by atoms with Crippen molar-refractivity contribution in [3.8, 4) is 27.3 Å². The Labute approximate surface area is 224 Å². The first kappa shape index (κ1) is 24.2. The number of aliphatic hydroxyl groups is 1. The molecule has 0 bridgehead atoms. The zero-order chi connectivity index (χ0) is 25.4. The van der Waals surface area contributed by atoms with Gasteiger partial charge in [0.25, 0.3) is 5.91 Å². The summed E-state index contributed by atoms with van der Waals surface area (Å²) in [5.41, 5.74) is 5.10. The van der Waals surface area contributed by atoms with Crippen LogP contribution in [0.4, 0.5) is 0 Å². The molecule has 0 saturated heterocycles. The summed E-state index contributed by atoms with van der Waals surface area (Å²) in [6.07, 6.45) is 6.02. The standard InChI is InChI=1S/C29H27N3O3S2/c1-17-30-15-27(36-17)19-6-8-21(31-14-19)12-20-16-35-26-13-18(7-11-25(26)28(20)33)23-4-2-3-5-24(23)29(34)32-37-22-9-10-22/h2-8,11,13-15,20,22,28,33H,9-10,12,16H2,1H3,(H,32,34)/t20-,28+/m1/s1. The van der Waals surface area contributed by atoms with Crippen LogP contribution in [0.5, 0.6) is 5.75 Å². The highest BCUT2D eigenvalue weighted by molar-refractivity contribution is 7.98. The Morgan fingerprint density at radius 2 is 1.95 bits per heavy atom. The number of pyridine rings is 1. The molecule has 1 fully saturated rings. The predicted molar refractivity (Wildman–Crippen MR) is 148 cm³/mol. The van der Waals surface area contributed by atoms with Crippen LogP contribution in [-0.4, -0.2) is 32.8 Å². The van der Waals surface area contributed by atoms with Crippen molar-refractivity contribution in [2.24, 2.45) is 5.92 Å². The molecule has 37 heavy (non-hydrogen) atoms. The van der Waals surface area contributed by atoms with Crippen LogP contribution in [0.15, 0.2) is 67.0 Å². The van der Waals surface area contributed by atoms with Gasteiger partial charge in [-0.05, 0) is 67.5 Å². The van der Waals surface area contributed by atoms with Gasteiger partial charge < -0.3 is 9.84 Å². The van der Waals surface area contributed by atoms with Crippen LogP contribution in [-0.2, 0) is 6.42 Å². The number of nitrogens with zero attached hydrogens (tertiary/aromatic N) is 2. The van der Waals surface area contributed by atoms with E-state index in [2.05, 4.69) is 20.8 Å². The molecule has 2 atom stereocenters. The van der Waals surface area contributed by atoms with E-state index >= 15 is 0 Å². The van der Waals surface area contributed by atoms with Crippen molar-refractivity contribution >= 4 is 29.2 Å². The molecule has 6 rings (SSSR count). The number of ether oxygens (including phenoxy) is 1. The minimum atomic E-state index is -0.656. The Balaban J connectivity index is 1.17. The molecule has 188 valence electrons. The fourth-order valence-electron chi connectivity index (χ4n) is 4.55. The summed E-state index contributed by atoms with van der Waals surface area (Å²) in [6.45, 7) is 2.39. The van der Waals surface area contributed by atoms with Crippen LogP contribution in [0.1, 0.15) is 45.6 Å². The van der Waals surface area contributed by atoms with Gasteiger partial charge in [0.05, 0.1) is 22.6 Å². The van der Waals surface area contributed by atoms with E-state index in [1.54, 1.807) is 11.3 Å². The number of aryl methyl sites for hydroxylation is 1. The smallest absolute Gasteiger partial charge is 0.261 e. The molecule has 2 aromatic carbocycles. The molecule has 2 aliphatic rings. The van der Waals surface area contributed by atoms with E-state index < -0.39 is 6.10 Å². The Bertz CT molecular complexity index is 1430. The second kappa shape index (κ2) is 10.3. The van der Waals surface area contributed by atoms with E-state index in [9.17, 15) is 9.90 Å². The zero-order valence-electron chi connectivity index (χ0n) is 20.4. The highest BCUT2D eigenvalue weighted by Crippen LogP contribution is 2.40. The van der Waals surface area contributed by atoms with Crippen molar-refractivity contribution in [1.29, 1.82) is 0 Å². The summed E-state index contributed by atoms with van der Waals surface area (Å²) in [7, 11) is 0. The largest absolute Gasteiger partial charge is 0.493 e. The molecule has 2 N–H and O–H groups in total. The van der Waals surface area contributed by atoms with E-state index in [1.807, 2.05) is 67.8 Å². The minimum Gasteiger partial charge on any atom is -0.493 e. The first-order valence-corrected chi connectivity index (χ1v) is 14.1. The van der Waals surface area contributed by atoms with Crippen LogP contribution < -0.4 is 9.46 Å². The average Bonchev–Trinajstić information content (AvgIpc) is 3.67. The van der Waals surface area contributed by atoms with E-state index in [0.717, 1.165) is 50.7 Å². The number of aliphatic hydroxyl groups excluding tert-OH is 1. The van der Waals surface area contributed by atoms with Gasteiger partial charge in [-0.25, -0.2) is 4.98 Å². The number of nitrogens with one attached hydrogen (secondary N) is 1. The molecule has 1 amide bonds. The summed E-state index contributed by atoms with van der Waals surface area (Å²) >= 11 is 3.16. The lowest BCUT2D eigenvalue weighted by molar-refractivity contribution is 0.0503. The lowest BCUT2D eigenvalue weighted by Gasteiger charge is -2.30. The van der Waals surface area contributed by atoms with Crippen molar-refractivity contribution in [1.82, 2.24) is 14.7 Å². The van der Waals surface area contributed by atoms with E-state index in [4.69, 9.17) is 4.74 Å². The maximum Gasteiger partial charge on any atom is 0.261 e. The van der Waals surface area contributed by atoms with Gasteiger partial charge in [0.1, 0.15) is 5.75 Å². The number of thiazole rings is 1. The van der Waals surface area contributed by atoms with Crippen LogP contribution in [0.25, 0.3) is 21.6 Å². The van der Waals surface area contributed by atoms with Gasteiger partial charge >= 0.3 is 0 Å². The molecule has 8 heteroatoms. The lowest BCUT2D eigenvalue weighted by Crippen LogP contribution is -2.28. The van der Waals surface area contributed by atoms with E-state index in [-0.39, 0.29) is 11.8 Å². The monoisotopic (exact) mass is 529 g/mol. The van der Waals surface area contributed by atoms with Gasteiger partial charge in [-0.1, -0.05) is 36.4 Å². The summed E-state index contributed by atoms with van der Waals surface area (Å²) in [5, 5.41) is 12.7. The molecule has 0 spiro atoms. The third kappa shape index (κ3) is 5.28. The lowest BCUT2D eigenvalue weighted by atomic mass is 9.88. The maximum absolute atomic E-state index is 12.8. The van der Waals surface area contributed by atoms with Crippen LogP contribution >= 0.6 is 23.3 Å². The molecule has 6 nitrogen and oxygen atoms in total. The Hall–Kier alpha value is -3.20. The summed E-state index contributed by atoms with van der Waals surface area (Å²) in [4.78, 5) is 22.9. The topological polar surface area (TPSA) is 84.3 Å². The van der Waals surface area contributed by atoms with Gasteiger partial charge in [0.15, 0.2) is 0 Å². The van der Waals surface area contributed by atoms with E-state index in [1.165, 1.54) is 11.9 Å². The van der Waals surface area contributed by atoms with Crippen molar-refractivity contribution in [3.63, 3.8) is 0 Å². The third-order valence-corrected chi connectivity index (χ3v) is 8.83. The van der Waals surface area contributed by atoms with Crippen molar-refractivity contribution < 1.29 is 14.6 Å². The van der Waals surface area contributed by atoms with Gasteiger partial charge in [-0.15, -0.1) is 11.3 Å². The molecule has 2 aromatic heterocycles. The number of carbonyl (C=O) groups is 1. The normalized spacial score (nSPS) is 18.6. The molecular formula is C29H27N3O3S2. The SMILES string of the molecule is Cc1ncc(-c2ccc(C[C@@H]3COc4cc(-c5ccccc5C(=O)NSC5CC5)ccc4[C@H]3O)nc2)s1. The van der Waals surface area contributed by atoms with Crippen molar-refractivity contribution in [2.45, 2.75) is 37.5 Å². The third-order valence-electron chi connectivity index (χ3n) is 6.76. The van der Waals surface area contributed by atoms with Crippen molar-refractivity contribution in [2.75, 3.05) is 6.61 Å². The Kier molecular flexibility index (Phi) is 6.71. The number of hydrogen-bond donors (Lipinski definition) is 2. The number of fused-ring (bicyclic) bond motifs is 1. The van der Waals surface area contributed by atoms with Crippen LogP contribution in [0.2, 0.25) is 0 Å². The van der Waals surface area contributed by atoms with Gasteiger partial charge in [0, 0.05) is 45.9 Å². The maximum atomic E-state index is 12.8. The molecule has 0 radical (unpaired) electrons. The second-order valence-corrected chi connectivity index (χ2v) is 11.9. The fourth-order valence-corrected chi connectivity index (χ4v) is 6.07. The molecular weight excluding hydrogens is 502 g/mol. The average molecular weight is 530 g/mol. The van der Waals surface area contributed by atoms with Crippen LogP contribution in [0, 0.1) is 12.8 Å². The molecule has 1 aliphatic heterocycles. The zero-order valence-corrected chi connectivity index (χ0v) is 22.0. The Morgan fingerprint density at radius 3 is 2.70 bits per heavy atom. The fraction of sp³-hybridized carbons (Fsp3) is 0.276. The molecule has 1 saturated carbocycles. The predicted octanol–water partition coefficient (Wildman–Crippen LogP) is 6.01. The van der Waals surface area contributed by atoms with Crippen molar-refractivity contribution in [3.05, 3.63) is 88.8 Å². The molecule has 1 aliphatic carbocycles. The summed E-state index contributed by atoms with van der Waals surface area (Å²) < 4.78 is 9.11. The highest BCUT2D eigenvalue weighted by atomic mass is 32.2. The number of aromatic nitrogens is 2. The van der Waals surface area contributed by atoms with Gasteiger partial charge in [0.2, 0.25) is 0 Å². The highest BCUT2D eigenvalue weighted by Gasteiger charge is 2.30. The quantitative estimate of drug-likeness (QED) is 0.286. The van der Waals surface area contributed by atoms with Gasteiger partial charge in [-0.3, -0.25) is 14.5 Å². The number of benzene rings is 2. The first-order chi connectivity index (χ1) is 18.0. The number of hydrogen-bond acceptors (Lipinski definition) is 7. The number of carbonyl (C=O) groups excluding carboxylic acids is 1. The number of rotatable bonds is 7. The Morgan fingerprint density at radius 1 is 1.11 bits per heavy atom. The molecule has 3 heterocycles. The second-order valence-electron chi connectivity index (χ2n) is 9.55. The van der Waals surface area contributed by atoms with Crippen LogP contribution in [0.3, 0.4) is 0 Å². The molecule has 0 unspecified atom stereocenters. The minimum absolute atomic E-state index is 0.0877.